The fourth-order valence-corrected chi connectivity index (χ4v) is 5.77. The highest BCUT2D eigenvalue weighted by atomic mass is 32.2. The van der Waals surface area contributed by atoms with Crippen LogP contribution in [0.5, 0.6) is 23.0 Å². The van der Waals surface area contributed by atoms with E-state index >= 15 is 0 Å². The van der Waals surface area contributed by atoms with E-state index in [9.17, 15) is 17.6 Å². The van der Waals surface area contributed by atoms with Gasteiger partial charge in [0, 0.05) is 17.4 Å². The van der Waals surface area contributed by atoms with Crippen LogP contribution < -0.4 is 14.2 Å². The molecule has 40 heavy (non-hydrogen) atoms. The van der Waals surface area contributed by atoms with Crippen LogP contribution in [0.4, 0.5) is 4.39 Å². The van der Waals surface area contributed by atoms with Gasteiger partial charge < -0.3 is 18.9 Å². The number of hydrogen-bond acceptors (Lipinski definition) is 7. The molecule has 0 radical (unpaired) electrons. The molecule has 0 heterocycles. The van der Waals surface area contributed by atoms with Gasteiger partial charge in [-0.1, -0.05) is 12.1 Å². The van der Waals surface area contributed by atoms with E-state index in [1.165, 1.54) is 12.3 Å². The minimum Gasteiger partial charge on any atom is -0.494 e. The van der Waals surface area contributed by atoms with Crippen molar-refractivity contribution < 1.29 is 36.6 Å². The van der Waals surface area contributed by atoms with Gasteiger partial charge in [0.25, 0.3) is 0 Å². The molecule has 5 rings (SSSR count). The second-order valence-corrected chi connectivity index (χ2v) is 12.5. The molecule has 3 atom stereocenters. The molecular weight excluding hydrogens is 535 g/mol. The summed E-state index contributed by atoms with van der Waals surface area (Å²) in [7, 11) is -3.01. The van der Waals surface area contributed by atoms with Gasteiger partial charge in [-0.3, -0.25) is 4.79 Å². The van der Waals surface area contributed by atoms with E-state index in [4.69, 9.17) is 18.9 Å². The summed E-state index contributed by atoms with van der Waals surface area (Å²) < 4.78 is 60.5. The third-order valence-electron chi connectivity index (χ3n) is 7.19. The van der Waals surface area contributed by atoms with Crippen LogP contribution in [0.1, 0.15) is 54.9 Å². The van der Waals surface area contributed by atoms with Crippen LogP contribution in [-0.2, 0) is 25.8 Å². The number of sulfone groups is 1. The molecule has 0 N–H and O–H groups in total. The van der Waals surface area contributed by atoms with Crippen molar-refractivity contribution in [2.24, 2.45) is 5.92 Å². The van der Waals surface area contributed by atoms with Gasteiger partial charge in [0.1, 0.15) is 44.8 Å². The molecule has 0 unspecified atom stereocenters. The van der Waals surface area contributed by atoms with E-state index in [2.05, 4.69) is 0 Å². The Balaban J connectivity index is 1.20. The van der Waals surface area contributed by atoms with Crippen LogP contribution in [0.25, 0.3) is 0 Å². The first-order valence-corrected chi connectivity index (χ1v) is 15.6. The Labute approximate surface area is 234 Å². The summed E-state index contributed by atoms with van der Waals surface area (Å²) in [4.78, 5) is 12.0. The SMILES string of the molecule is CCOC(=O)[C@H]1C[C@@H]1c1ccc(O[C@@H]2CCc3c(Oc4ccc(OCCCS(C)(=O)=O)cc4)ccc(F)c32)cc1. The number of ether oxygens (including phenoxy) is 4. The van der Waals surface area contributed by atoms with Crippen molar-refractivity contribution in [1.82, 2.24) is 0 Å². The van der Waals surface area contributed by atoms with Gasteiger partial charge in [0.2, 0.25) is 0 Å². The maximum absolute atomic E-state index is 15.0. The minimum absolute atomic E-state index is 0.0726. The number of halogens is 1. The molecule has 0 bridgehead atoms. The zero-order chi connectivity index (χ0) is 28.3. The maximum atomic E-state index is 15.0. The molecule has 1 saturated carbocycles. The van der Waals surface area contributed by atoms with Gasteiger partial charge in [-0.15, -0.1) is 0 Å². The predicted molar refractivity (Wildman–Crippen MR) is 148 cm³/mol. The summed E-state index contributed by atoms with van der Waals surface area (Å²) in [5.74, 6) is 2.14. The highest BCUT2D eigenvalue weighted by molar-refractivity contribution is 7.90. The first kappa shape index (κ1) is 28.0. The minimum atomic E-state index is -3.01. The Morgan fingerprint density at radius 1 is 0.975 bits per heavy atom. The van der Waals surface area contributed by atoms with Crippen molar-refractivity contribution >= 4 is 15.8 Å². The molecule has 3 aromatic rings. The van der Waals surface area contributed by atoms with Gasteiger partial charge in [-0.05, 0) is 92.6 Å². The summed E-state index contributed by atoms with van der Waals surface area (Å²) in [6.45, 7) is 2.50. The lowest BCUT2D eigenvalue weighted by Crippen LogP contribution is -2.07. The number of hydrogen-bond donors (Lipinski definition) is 0. The summed E-state index contributed by atoms with van der Waals surface area (Å²) in [6.07, 6.45) is 3.24. The first-order valence-electron chi connectivity index (χ1n) is 13.5. The van der Waals surface area contributed by atoms with Crippen LogP contribution in [0.15, 0.2) is 60.7 Å². The van der Waals surface area contributed by atoms with E-state index in [1.807, 2.05) is 31.2 Å². The highest BCUT2D eigenvalue weighted by Gasteiger charge is 2.45. The van der Waals surface area contributed by atoms with Crippen LogP contribution >= 0.6 is 0 Å². The fourth-order valence-electron chi connectivity index (χ4n) is 5.13. The molecule has 0 spiro atoms. The molecule has 212 valence electrons. The topological polar surface area (TPSA) is 88.1 Å². The highest BCUT2D eigenvalue weighted by Crippen LogP contribution is 2.49. The average molecular weight is 569 g/mol. The van der Waals surface area contributed by atoms with E-state index in [-0.39, 0.29) is 29.4 Å². The maximum Gasteiger partial charge on any atom is 0.309 e. The zero-order valence-corrected chi connectivity index (χ0v) is 23.4. The molecule has 3 aromatic carbocycles. The van der Waals surface area contributed by atoms with Crippen molar-refractivity contribution in [3.8, 4) is 23.0 Å². The summed E-state index contributed by atoms with van der Waals surface area (Å²) in [5.41, 5.74) is 2.37. The molecule has 2 aliphatic carbocycles. The van der Waals surface area contributed by atoms with E-state index in [1.54, 1.807) is 30.3 Å². The smallest absolute Gasteiger partial charge is 0.309 e. The first-order chi connectivity index (χ1) is 19.2. The summed E-state index contributed by atoms with van der Waals surface area (Å²) in [6, 6.07) is 17.7. The average Bonchev–Trinajstić information content (AvgIpc) is 3.62. The van der Waals surface area contributed by atoms with Crippen molar-refractivity contribution in [2.75, 3.05) is 25.2 Å². The second kappa shape index (κ2) is 11.9. The zero-order valence-electron chi connectivity index (χ0n) is 22.6. The molecule has 7 nitrogen and oxygen atoms in total. The van der Waals surface area contributed by atoms with Crippen molar-refractivity contribution in [3.63, 3.8) is 0 Å². The summed E-state index contributed by atoms with van der Waals surface area (Å²) in [5, 5.41) is 0. The molecule has 0 saturated heterocycles. The molecular formula is C31H33FO7S. The summed E-state index contributed by atoms with van der Waals surface area (Å²) >= 11 is 0. The monoisotopic (exact) mass is 568 g/mol. The second-order valence-electron chi connectivity index (χ2n) is 10.3. The molecule has 2 aliphatic rings. The van der Waals surface area contributed by atoms with Crippen LogP contribution in [-0.4, -0.2) is 39.6 Å². The Morgan fingerprint density at radius 2 is 1.68 bits per heavy atom. The quantitative estimate of drug-likeness (QED) is 0.191. The molecule has 0 aliphatic heterocycles. The Kier molecular flexibility index (Phi) is 8.30. The van der Waals surface area contributed by atoms with Crippen LogP contribution in [0, 0.1) is 11.7 Å². The van der Waals surface area contributed by atoms with Gasteiger partial charge in [-0.25, -0.2) is 12.8 Å². The lowest BCUT2D eigenvalue weighted by atomic mass is 10.1. The number of fused-ring (bicyclic) bond motifs is 1. The van der Waals surface area contributed by atoms with Gasteiger partial charge in [0.15, 0.2) is 0 Å². The van der Waals surface area contributed by atoms with Gasteiger partial charge >= 0.3 is 5.97 Å². The Morgan fingerprint density at radius 3 is 2.38 bits per heavy atom. The Bertz CT molecular complexity index is 1450. The number of rotatable bonds is 12. The number of carbonyl (C=O) groups is 1. The lowest BCUT2D eigenvalue weighted by molar-refractivity contribution is -0.144. The van der Waals surface area contributed by atoms with Gasteiger partial charge in [0.05, 0.1) is 24.9 Å². The number of carbonyl (C=O) groups excluding carboxylic acids is 1. The van der Waals surface area contributed by atoms with E-state index < -0.39 is 15.9 Å². The van der Waals surface area contributed by atoms with Crippen molar-refractivity contribution in [1.29, 1.82) is 0 Å². The van der Waals surface area contributed by atoms with Gasteiger partial charge in [-0.2, -0.15) is 0 Å². The largest absolute Gasteiger partial charge is 0.494 e. The fraction of sp³-hybridized carbons (Fsp3) is 0.387. The van der Waals surface area contributed by atoms with Crippen molar-refractivity contribution in [2.45, 2.75) is 44.6 Å². The lowest BCUT2D eigenvalue weighted by Gasteiger charge is -2.17. The normalized spacial score (nSPS) is 19.5. The van der Waals surface area contributed by atoms with E-state index in [0.29, 0.717) is 61.0 Å². The molecule has 9 heteroatoms. The Hall–Kier alpha value is -3.59. The molecule has 1 fully saturated rings. The third-order valence-corrected chi connectivity index (χ3v) is 8.22. The van der Waals surface area contributed by atoms with E-state index in [0.717, 1.165) is 17.5 Å². The number of benzene rings is 3. The standard InChI is InChI=1S/C31H33FO7S/c1-3-36-31(33)26-19-25(26)20-5-7-22(8-6-20)39-29-15-13-24-28(16-14-27(32)30(24)29)38-23-11-9-21(10-12-23)37-17-4-18-40(2,34)35/h5-12,14,16,25-26,29H,3-4,13,15,17-19H2,1-2H3/t25-,26+,29-/m1/s1. The van der Waals surface area contributed by atoms with Crippen molar-refractivity contribution in [3.05, 3.63) is 83.2 Å². The number of esters is 1. The predicted octanol–water partition coefficient (Wildman–Crippen LogP) is 6.16. The van der Waals surface area contributed by atoms with Crippen LogP contribution in [0.3, 0.4) is 0 Å². The molecule has 0 aromatic heterocycles. The third kappa shape index (κ3) is 6.75. The van der Waals surface area contributed by atoms with Crippen LogP contribution in [0.2, 0.25) is 0 Å². The molecule has 0 amide bonds.